The summed E-state index contributed by atoms with van der Waals surface area (Å²) >= 11 is 0. The number of ketones is 1. The smallest absolute Gasteiger partial charge is 0.311 e. The molecule has 0 radical (unpaired) electrons. The Labute approximate surface area is 168 Å². The molecule has 1 amide bonds. The molecule has 0 saturated heterocycles. The van der Waals surface area contributed by atoms with Crippen LogP contribution in [0.1, 0.15) is 40.9 Å². The zero-order valence-electron chi connectivity index (χ0n) is 16.9. The van der Waals surface area contributed by atoms with Crippen LogP contribution >= 0.6 is 0 Å². The quantitative estimate of drug-likeness (QED) is 0.497. The molecule has 0 aliphatic heterocycles. The summed E-state index contributed by atoms with van der Waals surface area (Å²) in [6, 6.07) is 10.4. The number of amides is 1. The first kappa shape index (κ1) is 20.3. The van der Waals surface area contributed by atoms with Crippen LogP contribution in [0.4, 0.5) is 5.69 Å². The zero-order valence-corrected chi connectivity index (χ0v) is 16.9. The van der Waals surface area contributed by atoms with Gasteiger partial charge in [-0.25, -0.2) is 0 Å². The van der Waals surface area contributed by atoms with Crippen molar-refractivity contribution in [3.63, 3.8) is 0 Å². The van der Waals surface area contributed by atoms with E-state index in [9.17, 15) is 14.4 Å². The molecule has 0 saturated carbocycles. The topological polar surface area (TPSA) is 85.6 Å². The van der Waals surface area contributed by atoms with Gasteiger partial charge in [0, 0.05) is 29.1 Å². The first-order valence-corrected chi connectivity index (χ1v) is 9.33. The van der Waals surface area contributed by atoms with Gasteiger partial charge in [-0.3, -0.25) is 14.4 Å². The molecule has 1 unspecified atom stereocenters. The molecule has 0 fully saturated rings. The van der Waals surface area contributed by atoms with E-state index in [-0.39, 0.29) is 18.1 Å². The van der Waals surface area contributed by atoms with Gasteiger partial charge in [0.1, 0.15) is 5.58 Å². The minimum Gasteiger partial charge on any atom is -0.464 e. The van der Waals surface area contributed by atoms with Gasteiger partial charge in [-0.15, -0.1) is 0 Å². The van der Waals surface area contributed by atoms with Crippen LogP contribution in [0.25, 0.3) is 11.0 Å². The summed E-state index contributed by atoms with van der Waals surface area (Å²) < 4.78 is 10.9. The number of furan rings is 1. The summed E-state index contributed by atoms with van der Waals surface area (Å²) in [5.41, 5.74) is 4.67. The second-order valence-electron chi connectivity index (χ2n) is 7.13. The van der Waals surface area contributed by atoms with Gasteiger partial charge in [0.2, 0.25) is 11.7 Å². The van der Waals surface area contributed by atoms with Gasteiger partial charge in [0.25, 0.3) is 0 Å². The average Bonchev–Trinajstić information content (AvgIpc) is 3.03. The van der Waals surface area contributed by atoms with Crippen molar-refractivity contribution in [2.24, 2.45) is 0 Å². The Morgan fingerprint density at radius 2 is 1.72 bits per heavy atom. The lowest BCUT2D eigenvalue weighted by Gasteiger charge is -2.12. The number of hydrogen-bond acceptors (Lipinski definition) is 5. The van der Waals surface area contributed by atoms with Crippen LogP contribution in [-0.2, 0) is 20.7 Å². The van der Waals surface area contributed by atoms with Crippen LogP contribution in [0.3, 0.4) is 0 Å². The number of carbonyl (C=O) groups is 3. The normalized spacial score (nSPS) is 11.9. The van der Waals surface area contributed by atoms with Crippen molar-refractivity contribution in [2.75, 3.05) is 5.32 Å². The first-order chi connectivity index (χ1) is 13.7. The number of rotatable bonds is 6. The number of carbonyl (C=O) groups excluding carboxylic acids is 3. The van der Waals surface area contributed by atoms with E-state index in [0.29, 0.717) is 11.3 Å². The van der Waals surface area contributed by atoms with Gasteiger partial charge < -0.3 is 14.5 Å². The van der Waals surface area contributed by atoms with E-state index in [2.05, 4.69) is 5.32 Å². The summed E-state index contributed by atoms with van der Waals surface area (Å²) in [6.45, 7) is 6.96. The molecule has 29 heavy (non-hydrogen) atoms. The number of fused-ring (bicyclic) bond motifs is 1. The highest BCUT2D eigenvalue weighted by atomic mass is 16.5. The highest BCUT2D eigenvalue weighted by Gasteiger charge is 2.21. The predicted octanol–water partition coefficient (Wildman–Crippen LogP) is 4.37. The Kier molecular flexibility index (Phi) is 5.82. The van der Waals surface area contributed by atoms with Gasteiger partial charge in [-0.2, -0.15) is 0 Å². The molecule has 3 rings (SSSR count). The first-order valence-electron chi connectivity index (χ1n) is 9.33. The van der Waals surface area contributed by atoms with Crippen molar-refractivity contribution in [3.8, 4) is 0 Å². The third-order valence-electron chi connectivity index (χ3n) is 4.77. The number of hydrogen-bond donors (Lipinski definition) is 1. The molecule has 1 heterocycles. The maximum atomic E-state index is 12.5. The monoisotopic (exact) mass is 393 g/mol. The Bertz CT molecular complexity index is 1080. The van der Waals surface area contributed by atoms with Crippen LogP contribution in [-0.4, -0.2) is 23.8 Å². The molecule has 3 aromatic rings. The van der Waals surface area contributed by atoms with Crippen molar-refractivity contribution >= 4 is 34.3 Å². The van der Waals surface area contributed by atoms with Crippen molar-refractivity contribution < 1.29 is 23.5 Å². The molecule has 150 valence electrons. The Balaban J connectivity index is 1.65. The van der Waals surface area contributed by atoms with E-state index in [1.54, 1.807) is 37.5 Å². The second kappa shape index (κ2) is 8.31. The Morgan fingerprint density at radius 1 is 1.07 bits per heavy atom. The molecule has 0 aliphatic rings. The average molecular weight is 393 g/mol. The van der Waals surface area contributed by atoms with Crippen LogP contribution in [0.2, 0.25) is 0 Å². The number of anilines is 1. The highest BCUT2D eigenvalue weighted by molar-refractivity contribution is 6.01. The number of nitrogens with one attached hydrogen (secondary N) is 1. The van der Waals surface area contributed by atoms with Gasteiger partial charge in [-0.05, 0) is 68.3 Å². The fourth-order valence-electron chi connectivity index (χ4n) is 3.08. The summed E-state index contributed by atoms with van der Waals surface area (Å²) in [7, 11) is 0. The Hall–Kier alpha value is -3.41. The molecule has 0 bridgehead atoms. The molecular formula is C23H23NO5. The fourth-order valence-corrected chi connectivity index (χ4v) is 3.08. The van der Waals surface area contributed by atoms with Crippen molar-refractivity contribution in [3.05, 3.63) is 64.9 Å². The molecule has 6 heteroatoms. The van der Waals surface area contributed by atoms with E-state index in [1.807, 2.05) is 26.0 Å². The second-order valence-corrected chi connectivity index (χ2v) is 7.13. The predicted molar refractivity (Wildman–Crippen MR) is 110 cm³/mol. The van der Waals surface area contributed by atoms with Crippen molar-refractivity contribution in [2.45, 2.75) is 40.2 Å². The zero-order chi connectivity index (χ0) is 21.1. The number of benzene rings is 2. The lowest BCUT2D eigenvalue weighted by atomic mass is 10.0. The van der Waals surface area contributed by atoms with Gasteiger partial charge in [0.05, 0.1) is 12.7 Å². The van der Waals surface area contributed by atoms with Crippen LogP contribution in [0.5, 0.6) is 0 Å². The standard InChI is InChI=1S/C23H23NO5/c1-13-9-20-18(12-28-21(20)10-14(13)2)11-22(26)29-15(3)23(27)17-5-7-19(8-6-17)24-16(4)25/h5-10,12,15H,11H2,1-4H3,(H,24,25). The third kappa shape index (κ3) is 4.71. The lowest BCUT2D eigenvalue weighted by molar-refractivity contribution is -0.145. The van der Waals surface area contributed by atoms with E-state index in [0.717, 1.165) is 27.7 Å². The molecule has 1 atom stereocenters. The minimum absolute atomic E-state index is 0.0224. The van der Waals surface area contributed by atoms with E-state index < -0.39 is 12.1 Å². The molecule has 1 N–H and O–H groups in total. The van der Waals surface area contributed by atoms with Gasteiger partial charge in [0.15, 0.2) is 6.10 Å². The van der Waals surface area contributed by atoms with Gasteiger partial charge in [-0.1, -0.05) is 0 Å². The van der Waals surface area contributed by atoms with Gasteiger partial charge >= 0.3 is 5.97 Å². The molecule has 1 aromatic heterocycles. The lowest BCUT2D eigenvalue weighted by Crippen LogP contribution is -2.25. The number of Topliss-reactive ketones (excluding diaryl/α,β-unsaturated/α-hetero) is 1. The van der Waals surface area contributed by atoms with E-state index in [1.165, 1.54) is 6.92 Å². The van der Waals surface area contributed by atoms with Crippen molar-refractivity contribution in [1.29, 1.82) is 0 Å². The third-order valence-corrected chi connectivity index (χ3v) is 4.77. The SMILES string of the molecule is CC(=O)Nc1ccc(C(=O)C(C)OC(=O)Cc2coc3cc(C)c(C)cc23)cc1. The molecule has 2 aromatic carbocycles. The number of ether oxygens (including phenoxy) is 1. The highest BCUT2D eigenvalue weighted by Crippen LogP contribution is 2.25. The number of aryl methyl sites for hydroxylation is 2. The number of esters is 1. The van der Waals surface area contributed by atoms with Crippen molar-refractivity contribution in [1.82, 2.24) is 0 Å². The van der Waals surface area contributed by atoms with Crippen LogP contribution < -0.4 is 5.32 Å². The molecule has 0 spiro atoms. The summed E-state index contributed by atoms with van der Waals surface area (Å²) in [4.78, 5) is 36.0. The van der Waals surface area contributed by atoms with Crippen LogP contribution in [0.15, 0.2) is 47.1 Å². The molecule has 6 nitrogen and oxygen atoms in total. The Morgan fingerprint density at radius 3 is 2.38 bits per heavy atom. The van der Waals surface area contributed by atoms with Crippen LogP contribution in [0, 0.1) is 13.8 Å². The van der Waals surface area contributed by atoms with E-state index in [4.69, 9.17) is 9.15 Å². The molecule has 0 aliphatic carbocycles. The minimum atomic E-state index is -0.920. The van der Waals surface area contributed by atoms with E-state index >= 15 is 0 Å². The fraction of sp³-hybridized carbons (Fsp3) is 0.261. The maximum absolute atomic E-state index is 12.5. The molecular weight excluding hydrogens is 370 g/mol. The summed E-state index contributed by atoms with van der Waals surface area (Å²) in [6.07, 6.45) is 0.656. The largest absolute Gasteiger partial charge is 0.464 e. The maximum Gasteiger partial charge on any atom is 0.311 e. The summed E-state index contributed by atoms with van der Waals surface area (Å²) in [5.74, 6) is -0.999. The summed E-state index contributed by atoms with van der Waals surface area (Å²) in [5, 5.41) is 3.51.